The molecule has 76 valence electrons. The van der Waals surface area contributed by atoms with Crippen LogP contribution in [0.3, 0.4) is 0 Å². The fraction of sp³-hybridized carbons (Fsp3) is 0.333. The Bertz CT molecular complexity index is 355. The molecule has 0 spiro atoms. The highest BCUT2D eigenvalue weighted by atomic mass is 79.9. The Balaban J connectivity index is 2.78. The number of aromatic nitrogens is 1. The number of aliphatic carboxylic acids is 1. The van der Waals surface area contributed by atoms with Gasteiger partial charge in [0, 0.05) is 4.47 Å². The maximum Gasteiger partial charge on any atom is 0.325 e. The molecule has 0 aliphatic rings. The van der Waals surface area contributed by atoms with Gasteiger partial charge in [0.25, 0.3) is 0 Å². The molecule has 0 radical (unpaired) electrons. The van der Waals surface area contributed by atoms with Crippen molar-refractivity contribution < 1.29 is 9.90 Å². The van der Waals surface area contributed by atoms with Gasteiger partial charge in [-0.25, -0.2) is 4.98 Å². The monoisotopic (exact) mass is 258 g/mol. The van der Waals surface area contributed by atoms with E-state index in [9.17, 15) is 4.79 Å². The van der Waals surface area contributed by atoms with Gasteiger partial charge in [-0.1, -0.05) is 0 Å². The van der Waals surface area contributed by atoms with Crippen molar-refractivity contribution in [3.8, 4) is 0 Å². The minimum absolute atomic E-state index is 0.570. The predicted octanol–water partition coefficient (Wildman–Crippen LogP) is 2.04. The number of carbonyl (C=O) groups is 1. The van der Waals surface area contributed by atoms with Gasteiger partial charge in [-0.3, -0.25) is 4.79 Å². The van der Waals surface area contributed by atoms with Crippen LogP contribution in [0.1, 0.15) is 12.6 Å². The molecule has 0 fully saturated rings. The van der Waals surface area contributed by atoms with E-state index in [2.05, 4.69) is 26.2 Å². The van der Waals surface area contributed by atoms with Crippen LogP contribution in [0.4, 0.5) is 5.82 Å². The molecule has 0 aromatic carbocycles. The number of hydrogen-bond donors (Lipinski definition) is 2. The molecule has 1 atom stereocenters. The Labute approximate surface area is 90.5 Å². The Morgan fingerprint density at radius 2 is 2.29 bits per heavy atom. The van der Waals surface area contributed by atoms with Gasteiger partial charge in [0.15, 0.2) is 0 Å². The van der Waals surface area contributed by atoms with Crippen LogP contribution in [0.2, 0.25) is 0 Å². The molecule has 1 aromatic heterocycles. The van der Waals surface area contributed by atoms with Crippen LogP contribution in [-0.4, -0.2) is 22.1 Å². The summed E-state index contributed by atoms with van der Waals surface area (Å²) in [6.45, 7) is 3.42. The highest BCUT2D eigenvalue weighted by Crippen LogP contribution is 2.16. The smallest absolute Gasteiger partial charge is 0.325 e. The van der Waals surface area contributed by atoms with Crippen LogP contribution in [-0.2, 0) is 4.79 Å². The summed E-state index contributed by atoms with van der Waals surface area (Å²) in [5.41, 5.74) is 0.826. The van der Waals surface area contributed by atoms with Gasteiger partial charge in [-0.05, 0) is 41.9 Å². The number of rotatable bonds is 3. The summed E-state index contributed by atoms with van der Waals surface area (Å²) in [4.78, 5) is 14.7. The van der Waals surface area contributed by atoms with Gasteiger partial charge in [-0.15, -0.1) is 0 Å². The standard InChI is InChI=1S/C9H11BrN2O2/c1-5-7(10)3-4-8(11-5)12-6(2)9(13)14/h3-4,6H,1-2H3,(H,11,12)(H,13,14)/t6-/m1/s1. The van der Waals surface area contributed by atoms with Crippen molar-refractivity contribution in [2.75, 3.05) is 5.32 Å². The number of nitrogens with zero attached hydrogens (tertiary/aromatic N) is 1. The Morgan fingerprint density at radius 1 is 1.64 bits per heavy atom. The van der Waals surface area contributed by atoms with Gasteiger partial charge in [0.2, 0.25) is 0 Å². The van der Waals surface area contributed by atoms with E-state index in [1.807, 2.05) is 13.0 Å². The SMILES string of the molecule is Cc1nc(N[C@H](C)C(=O)O)ccc1Br. The molecular formula is C9H11BrN2O2. The third-order valence-electron chi connectivity index (χ3n) is 1.76. The number of hydrogen-bond acceptors (Lipinski definition) is 3. The van der Waals surface area contributed by atoms with Crippen LogP contribution in [0.15, 0.2) is 16.6 Å². The fourth-order valence-corrected chi connectivity index (χ4v) is 1.13. The fourth-order valence-electron chi connectivity index (χ4n) is 0.908. The van der Waals surface area contributed by atoms with E-state index in [0.717, 1.165) is 10.2 Å². The van der Waals surface area contributed by atoms with Crippen LogP contribution in [0.25, 0.3) is 0 Å². The van der Waals surface area contributed by atoms with Crippen LogP contribution >= 0.6 is 15.9 Å². The predicted molar refractivity (Wildman–Crippen MR) is 57.4 cm³/mol. The van der Waals surface area contributed by atoms with Crippen molar-refractivity contribution in [1.82, 2.24) is 4.98 Å². The third-order valence-corrected chi connectivity index (χ3v) is 2.59. The number of aryl methyl sites for hydroxylation is 1. The Kier molecular flexibility index (Phi) is 3.46. The summed E-state index contributed by atoms with van der Waals surface area (Å²) in [5, 5.41) is 11.4. The number of carboxylic acid groups (broad SMARTS) is 1. The highest BCUT2D eigenvalue weighted by Gasteiger charge is 2.10. The molecule has 0 saturated carbocycles. The first-order valence-electron chi connectivity index (χ1n) is 4.13. The van der Waals surface area contributed by atoms with Crippen LogP contribution < -0.4 is 5.32 Å². The first-order valence-corrected chi connectivity index (χ1v) is 4.92. The molecule has 0 bridgehead atoms. The molecule has 0 aliphatic carbocycles. The van der Waals surface area contributed by atoms with Crippen LogP contribution in [0.5, 0.6) is 0 Å². The molecular weight excluding hydrogens is 248 g/mol. The third kappa shape index (κ3) is 2.70. The van der Waals surface area contributed by atoms with Crippen molar-refractivity contribution in [2.45, 2.75) is 19.9 Å². The average molecular weight is 259 g/mol. The number of carboxylic acids is 1. The normalized spacial score (nSPS) is 12.2. The topological polar surface area (TPSA) is 62.2 Å². The molecule has 0 amide bonds. The molecule has 14 heavy (non-hydrogen) atoms. The Morgan fingerprint density at radius 3 is 2.79 bits per heavy atom. The van der Waals surface area contributed by atoms with E-state index < -0.39 is 12.0 Å². The summed E-state index contributed by atoms with van der Waals surface area (Å²) in [6.07, 6.45) is 0. The van der Waals surface area contributed by atoms with E-state index in [4.69, 9.17) is 5.11 Å². The van der Waals surface area contributed by atoms with Gasteiger partial charge < -0.3 is 10.4 Å². The van der Waals surface area contributed by atoms with Crippen molar-refractivity contribution >= 4 is 27.7 Å². The lowest BCUT2D eigenvalue weighted by atomic mass is 10.3. The van der Waals surface area contributed by atoms with Crippen molar-refractivity contribution in [3.63, 3.8) is 0 Å². The molecule has 4 nitrogen and oxygen atoms in total. The van der Waals surface area contributed by atoms with E-state index in [-0.39, 0.29) is 0 Å². The van der Waals surface area contributed by atoms with Crippen molar-refractivity contribution in [1.29, 1.82) is 0 Å². The number of anilines is 1. The first-order chi connectivity index (χ1) is 6.50. The zero-order valence-corrected chi connectivity index (χ0v) is 9.50. The number of pyridine rings is 1. The summed E-state index contributed by atoms with van der Waals surface area (Å²) in [5.74, 6) is -0.326. The highest BCUT2D eigenvalue weighted by molar-refractivity contribution is 9.10. The maximum atomic E-state index is 10.6. The summed E-state index contributed by atoms with van der Waals surface area (Å²) >= 11 is 3.32. The lowest BCUT2D eigenvalue weighted by molar-refractivity contribution is -0.137. The Hall–Kier alpha value is -1.10. The molecule has 0 aliphatic heterocycles. The molecule has 0 saturated heterocycles. The number of halogens is 1. The largest absolute Gasteiger partial charge is 0.480 e. The van der Waals surface area contributed by atoms with Crippen molar-refractivity contribution in [3.05, 3.63) is 22.3 Å². The average Bonchev–Trinajstić information content (AvgIpc) is 2.11. The zero-order valence-electron chi connectivity index (χ0n) is 7.91. The minimum Gasteiger partial charge on any atom is -0.480 e. The van der Waals surface area contributed by atoms with Gasteiger partial charge >= 0.3 is 5.97 Å². The summed E-state index contributed by atoms with van der Waals surface area (Å²) in [6, 6.07) is 2.93. The van der Waals surface area contributed by atoms with Gasteiger partial charge in [0.1, 0.15) is 11.9 Å². The second-order valence-corrected chi connectivity index (χ2v) is 3.82. The maximum absolute atomic E-state index is 10.6. The van der Waals surface area contributed by atoms with E-state index in [0.29, 0.717) is 5.82 Å². The second kappa shape index (κ2) is 4.41. The van der Waals surface area contributed by atoms with E-state index in [1.54, 1.807) is 13.0 Å². The van der Waals surface area contributed by atoms with E-state index >= 15 is 0 Å². The quantitative estimate of drug-likeness (QED) is 0.871. The molecule has 2 N–H and O–H groups in total. The van der Waals surface area contributed by atoms with Crippen LogP contribution in [0, 0.1) is 6.92 Å². The summed E-state index contributed by atoms with van der Waals surface area (Å²) in [7, 11) is 0. The van der Waals surface area contributed by atoms with Crippen molar-refractivity contribution in [2.24, 2.45) is 0 Å². The molecule has 1 heterocycles. The lowest BCUT2D eigenvalue weighted by Gasteiger charge is -2.10. The lowest BCUT2D eigenvalue weighted by Crippen LogP contribution is -2.25. The minimum atomic E-state index is -0.896. The van der Waals surface area contributed by atoms with Gasteiger partial charge in [0.05, 0.1) is 5.69 Å². The molecule has 5 heteroatoms. The van der Waals surface area contributed by atoms with Gasteiger partial charge in [-0.2, -0.15) is 0 Å². The first kappa shape index (κ1) is 11.0. The molecule has 0 unspecified atom stereocenters. The second-order valence-electron chi connectivity index (χ2n) is 2.97. The molecule has 1 aromatic rings. The zero-order chi connectivity index (χ0) is 10.7. The number of nitrogens with one attached hydrogen (secondary N) is 1. The van der Waals surface area contributed by atoms with E-state index in [1.165, 1.54) is 0 Å². The molecule has 1 rings (SSSR count). The summed E-state index contributed by atoms with van der Waals surface area (Å²) < 4.78 is 0.908.